The van der Waals surface area contributed by atoms with Gasteiger partial charge in [-0.25, -0.2) is 0 Å². The molecule has 1 atom stereocenters. The van der Waals surface area contributed by atoms with E-state index in [1.54, 1.807) is 48.5 Å². The van der Waals surface area contributed by atoms with Crippen molar-refractivity contribution in [1.29, 1.82) is 0 Å². The number of alkyl halides is 3. The van der Waals surface area contributed by atoms with Gasteiger partial charge in [-0.2, -0.15) is 0 Å². The summed E-state index contributed by atoms with van der Waals surface area (Å²) in [4.78, 5) is 23.8. The van der Waals surface area contributed by atoms with E-state index in [1.165, 1.54) is 6.92 Å². The van der Waals surface area contributed by atoms with E-state index in [0.717, 1.165) is 3.57 Å². The Bertz CT molecular complexity index is 871. The lowest BCUT2D eigenvalue weighted by atomic mass is 10.1. The molecule has 0 bridgehead atoms. The molecule has 28 heavy (non-hydrogen) atoms. The number of thiocarbonyl (C=S) groups is 1. The average molecular weight is 571 g/mol. The molecule has 5 nitrogen and oxygen atoms in total. The first-order valence-electron chi connectivity index (χ1n) is 7.88. The Morgan fingerprint density at radius 1 is 0.964 bits per heavy atom. The Kier molecular flexibility index (Phi) is 8.32. The van der Waals surface area contributed by atoms with Gasteiger partial charge in [0.1, 0.15) is 6.17 Å². The molecule has 2 aromatic rings. The zero-order chi connectivity index (χ0) is 20.9. The molecule has 2 rings (SSSR count). The van der Waals surface area contributed by atoms with Gasteiger partial charge in [0, 0.05) is 20.4 Å². The number of Topliss-reactive ketones (excluding diaryl/α,β-unsaturated/α-hetero) is 1. The van der Waals surface area contributed by atoms with Crippen molar-refractivity contribution in [3.63, 3.8) is 0 Å². The summed E-state index contributed by atoms with van der Waals surface area (Å²) in [5.41, 5.74) is 1.63. The van der Waals surface area contributed by atoms with E-state index in [4.69, 9.17) is 47.0 Å². The van der Waals surface area contributed by atoms with Crippen molar-refractivity contribution in [2.24, 2.45) is 0 Å². The lowest BCUT2D eigenvalue weighted by molar-refractivity contribution is 0.0933. The number of nitrogens with one attached hydrogen (secondary N) is 3. The summed E-state index contributed by atoms with van der Waals surface area (Å²) in [5.74, 6) is -0.462. The van der Waals surface area contributed by atoms with Crippen LogP contribution >= 0.6 is 69.6 Å². The van der Waals surface area contributed by atoms with Crippen LogP contribution in [-0.4, -0.2) is 26.8 Å². The molecule has 0 aliphatic heterocycles. The minimum Gasteiger partial charge on any atom is -0.339 e. The maximum atomic E-state index is 12.4. The molecule has 1 unspecified atom stereocenters. The molecule has 0 aromatic heterocycles. The maximum Gasteiger partial charge on any atom is 0.252 e. The zero-order valence-corrected chi connectivity index (χ0v) is 19.7. The highest BCUT2D eigenvalue weighted by molar-refractivity contribution is 14.1. The highest BCUT2D eigenvalue weighted by Gasteiger charge is 2.34. The summed E-state index contributed by atoms with van der Waals surface area (Å²) in [6.07, 6.45) is -1.08. The van der Waals surface area contributed by atoms with Gasteiger partial charge in [-0.15, -0.1) is 0 Å². The normalized spacial score (nSPS) is 12.0. The van der Waals surface area contributed by atoms with Gasteiger partial charge in [0.2, 0.25) is 3.79 Å². The van der Waals surface area contributed by atoms with Crippen molar-refractivity contribution in [3.8, 4) is 0 Å². The molecule has 0 radical (unpaired) electrons. The molecule has 1 amide bonds. The topological polar surface area (TPSA) is 70.2 Å². The summed E-state index contributed by atoms with van der Waals surface area (Å²) < 4.78 is -0.866. The van der Waals surface area contributed by atoms with E-state index in [-0.39, 0.29) is 10.9 Å². The van der Waals surface area contributed by atoms with Gasteiger partial charge < -0.3 is 16.0 Å². The van der Waals surface area contributed by atoms with E-state index in [1.807, 2.05) is 0 Å². The number of halogens is 4. The summed E-state index contributed by atoms with van der Waals surface area (Å²) >= 11 is 25.3. The van der Waals surface area contributed by atoms with Crippen molar-refractivity contribution in [2.45, 2.75) is 16.9 Å². The van der Waals surface area contributed by atoms with E-state index < -0.39 is 15.9 Å². The molecule has 0 aliphatic rings. The zero-order valence-electron chi connectivity index (χ0n) is 14.4. The Balaban J connectivity index is 2.04. The molecular formula is C18H15Cl3IN3O2S. The second-order valence-electron chi connectivity index (χ2n) is 5.69. The number of hydrogen-bond acceptors (Lipinski definition) is 3. The van der Waals surface area contributed by atoms with Gasteiger partial charge >= 0.3 is 0 Å². The minimum atomic E-state index is -1.86. The number of ketones is 1. The van der Waals surface area contributed by atoms with Crippen LogP contribution in [0.25, 0.3) is 0 Å². The second kappa shape index (κ2) is 10.1. The highest BCUT2D eigenvalue weighted by Crippen LogP contribution is 2.29. The Morgan fingerprint density at radius 2 is 1.50 bits per heavy atom. The smallest absolute Gasteiger partial charge is 0.252 e. The molecule has 0 fully saturated rings. The summed E-state index contributed by atoms with van der Waals surface area (Å²) in [7, 11) is 0. The second-order valence-corrected chi connectivity index (χ2v) is 9.71. The van der Waals surface area contributed by atoms with Crippen LogP contribution in [0.5, 0.6) is 0 Å². The first-order valence-corrected chi connectivity index (χ1v) is 10.5. The molecule has 3 N–H and O–H groups in total. The van der Waals surface area contributed by atoms with Crippen LogP contribution in [-0.2, 0) is 0 Å². The Morgan fingerprint density at radius 3 is 2.00 bits per heavy atom. The van der Waals surface area contributed by atoms with Crippen LogP contribution in [0.1, 0.15) is 27.6 Å². The number of amides is 1. The summed E-state index contributed by atoms with van der Waals surface area (Å²) in [5, 5.41) is 8.44. The third-order valence-electron chi connectivity index (χ3n) is 3.53. The number of hydrogen-bond donors (Lipinski definition) is 3. The quantitative estimate of drug-likeness (QED) is 0.157. The Labute approximate surface area is 196 Å². The van der Waals surface area contributed by atoms with Crippen LogP contribution in [0, 0.1) is 3.57 Å². The first kappa shape index (κ1) is 23.2. The highest BCUT2D eigenvalue weighted by atomic mass is 127. The molecule has 0 spiro atoms. The monoisotopic (exact) mass is 569 g/mol. The first-order chi connectivity index (χ1) is 13.1. The molecule has 0 saturated heterocycles. The van der Waals surface area contributed by atoms with E-state index in [0.29, 0.717) is 16.8 Å². The van der Waals surface area contributed by atoms with Crippen LogP contribution < -0.4 is 16.0 Å². The van der Waals surface area contributed by atoms with Crippen molar-refractivity contribution >= 4 is 92.1 Å². The summed E-state index contributed by atoms with van der Waals surface area (Å²) in [6, 6.07) is 13.6. The van der Waals surface area contributed by atoms with Crippen LogP contribution in [0.3, 0.4) is 0 Å². The van der Waals surface area contributed by atoms with Crippen molar-refractivity contribution in [3.05, 3.63) is 63.2 Å². The SMILES string of the molecule is CC(=O)c1ccc(NC(=S)NC(NC(=O)c2ccc(I)cc2)C(Cl)(Cl)Cl)cc1. The van der Waals surface area contributed by atoms with Gasteiger partial charge in [-0.05, 0) is 90.3 Å². The predicted octanol–water partition coefficient (Wildman–Crippen LogP) is 4.91. The van der Waals surface area contributed by atoms with E-state index >= 15 is 0 Å². The van der Waals surface area contributed by atoms with Crippen molar-refractivity contribution < 1.29 is 9.59 Å². The molecule has 0 aliphatic carbocycles. The third kappa shape index (κ3) is 7.04. The van der Waals surface area contributed by atoms with Gasteiger partial charge in [-0.1, -0.05) is 34.8 Å². The fraction of sp³-hybridized carbons (Fsp3) is 0.167. The third-order valence-corrected chi connectivity index (χ3v) is 5.13. The summed E-state index contributed by atoms with van der Waals surface area (Å²) in [6.45, 7) is 1.48. The van der Waals surface area contributed by atoms with Crippen molar-refractivity contribution in [2.75, 3.05) is 5.32 Å². The maximum absolute atomic E-state index is 12.4. The number of carbonyl (C=O) groups excluding carboxylic acids is 2. The fourth-order valence-electron chi connectivity index (χ4n) is 2.10. The number of anilines is 1. The molecule has 2 aromatic carbocycles. The van der Waals surface area contributed by atoms with Gasteiger partial charge in [-0.3, -0.25) is 9.59 Å². The lowest BCUT2D eigenvalue weighted by Crippen LogP contribution is -2.56. The van der Waals surface area contributed by atoms with Crippen LogP contribution in [0.2, 0.25) is 0 Å². The van der Waals surface area contributed by atoms with Gasteiger partial charge in [0.25, 0.3) is 5.91 Å². The lowest BCUT2D eigenvalue weighted by Gasteiger charge is -2.27. The van der Waals surface area contributed by atoms with Gasteiger partial charge in [0.05, 0.1) is 0 Å². The average Bonchev–Trinajstić information content (AvgIpc) is 2.61. The Hall–Kier alpha value is -1.13. The molecule has 148 valence electrons. The van der Waals surface area contributed by atoms with Crippen molar-refractivity contribution in [1.82, 2.24) is 10.6 Å². The largest absolute Gasteiger partial charge is 0.339 e. The van der Waals surface area contributed by atoms with E-state index in [9.17, 15) is 9.59 Å². The predicted molar refractivity (Wildman–Crippen MR) is 127 cm³/mol. The van der Waals surface area contributed by atoms with Crippen LogP contribution in [0.4, 0.5) is 5.69 Å². The van der Waals surface area contributed by atoms with Crippen LogP contribution in [0.15, 0.2) is 48.5 Å². The van der Waals surface area contributed by atoms with E-state index in [2.05, 4.69) is 38.5 Å². The molecular weight excluding hydrogens is 556 g/mol. The van der Waals surface area contributed by atoms with Gasteiger partial charge in [0.15, 0.2) is 10.9 Å². The number of benzene rings is 2. The number of rotatable bonds is 5. The molecule has 0 heterocycles. The number of carbonyl (C=O) groups is 2. The fourth-order valence-corrected chi connectivity index (χ4v) is 3.02. The standard InChI is InChI=1S/C18H15Cl3IN3O2S/c1-10(26)11-4-8-14(9-5-11)23-17(28)25-16(18(19,20)21)24-15(27)12-2-6-13(22)7-3-12/h2-9,16H,1H3,(H,24,27)(H2,23,25,28). The minimum absolute atomic E-state index is 0.0400. The molecule has 0 saturated carbocycles. The molecule has 10 heteroatoms.